The van der Waals surface area contributed by atoms with Crippen molar-refractivity contribution in [3.8, 4) is 11.4 Å². The maximum absolute atomic E-state index is 3.54. The van der Waals surface area contributed by atoms with E-state index in [9.17, 15) is 0 Å². The van der Waals surface area contributed by atoms with Crippen molar-refractivity contribution in [1.82, 2.24) is 9.55 Å². The van der Waals surface area contributed by atoms with Crippen molar-refractivity contribution in [2.75, 3.05) is 0 Å². The van der Waals surface area contributed by atoms with Gasteiger partial charge >= 0.3 is 0 Å². The Labute approximate surface area is 93.5 Å². The summed E-state index contributed by atoms with van der Waals surface area (Å²) < 4.78 is 2.32. The minimum atomic E-state index is 1.09. The van der Waals surface area contributed by atoms with Crippen LogP contribution < -0.4 is 0 Å². The largest absolute Gasteiger partial charge is 0.353 e. The lowest BCUT2D eigenvalue weighted by atomic mass is 10.0. The number of H-pyrrole nitrogens is 1. The second-order valence-electron chi connectivity index (χ2n) is 4.36. The number of fused-ring (bicyclic) bond motifs is 5. The highest BCUT2D eigenvalue weighted by molar-refractivity contribution is 5.90. The van der Waals surface area contributed by atoms with Gasteiger partial charge in [-0.1, -0.05) is 18.2 Å². The van der Waals surface area contributed by atoms with Crippen LogP contribution in [0.25, 0.3) is 22.3 Å². The summed E-state index contributed by atoms with van der Waals surface area (Å²) >= 11 is 0. The van der Waals surface area contributed by atoms with Crippen LogP contribution in [-0.4, -0.2) is 9.55 Å². The molecule has 1 aromatic carbocycles. The number of aromatic nitrogens is 2. The van der Waals surface area contributed by atoms with Crippen molar-refractivity contribution in [2.24, 2.45) is 0 Å². The number of para-hydroxylation sites is 1. The van der Waals surface area contributed by atoms with Gasteiger partial charge in [0.2, 0.25) is 0 Å². The Balaban J connectivity index is 2.13. The fraction of sp³-hybridized carbons (Fsp3) is 0.143. The molecule has 1 aliphatic rings. The van der Waals surface area contributed by atoms with Gasteiger partial charge in [0.15, 0.2) is 0 Å². The molecular formula is C14H12N2. The lowest BCUT2D eigenvalue weighted by molar-refractivity contribution is 0.690. The first-order chi connectivity index (χ1) is 7.93. The standard InChI is InChI=1S/C14H12N2/c1-2-5-12-10(4-1)11-7-9-16-8-3-6-13(16)14(11)15-12/h1-6,8,15H,7,9H2. The van der Waals surface area contributed by atoms with E-state index >= 15 is 0 Å². The second-order valence-corrected chi connectivity index (χ2v) is 4.36. The van der Waals surface area contributed by atoms with Gasteiger partial charge in [0, 0.05) is 23.6 Å². The molecule has 0 saturated carbocycles. The van der Waals surface area contributed by atoms with Crippen molar-refractivity contribution in [3.63, 3.8) is 0 Å². The molecule has 0 amide bonds. The molecule has 4 rings (SSSR count). The van der Waals surface area contributed by atoms with E-state index in [1.54, 1.807) is 0 Å². The third-order valence-corrected chi connectivity index (χ3v) is 3.50. The predicted molar refractivity (Wildman–Crippen MR) is 65.4 cm³/mol. The summed E-state index contributed by atoms with van der Waals surface area (Å²) in [6, 6.07) is 12.9. The molecule has 16 heavy (non-hydrogen) atoms. The quantitative estimate of drug-likeness (QED) is 0.585. The lowest BCUT2D eigenvalue weighted by Gasteiger charge is -2.15. The summed E-state index contributed by atoms with van der Waals surface area (Å²) in [5.74, 6) is 0. The van der Waals surface area contributed by atoms with Crippen molar-refractivity contribution >= 4 is 10.9 Å². The van der Waals surface area contributed by atoms with Gasteiger partial charge < -0.3 is 9.55 Å². The average molecular weight is 208 g/mol. The maximum Gasteiger partial charge on any atom is 0.0665 e. The molecule has 0 saturated heterocycles. The minimum Gasteiger partial charge on any atom is -0.353 e. The molecule has 3 aromatic rings. The zero-order valence-electron chi connectivity index (χ0n) is 8.90. The molecular weight excluding hydrogens is 196 g/mol. The number of hydrogen-bond acceptors (Lipinski definition) is 0. The molecule has 0 aliphatic carbocycles. The van der Waals surface area contributed by atoms with Crippen LogP contribution >= 0.6 is 0 Å². The summed E-state index contributed by atoms with van der Waals surface area (Å²) in [6.07, 6.45) is 3.28. The van der Waals surface area contributed by atoms with Crippen LogP contribution in [-0.2, 0) is 13.0 Å². The molecule has 78 valence electrons. The lowest BCUT2D eigenvalue weighted by Crippen LogP contribution is -2.08. The van der Waals surface area contributed by atoms with Crippen molar-refractivity contribution in [1.29, 1.82) is 0 Å². The van der Waals surface area contributed by atoms with E-state index in [-0.39, 0.29) is 0 Å². The zero-order chi connectivity index (χ0) is 10.5. The highest BCUT2D eigenvalue weighted by Crippen LogP contribution is 2.34. The Kier molecular flexibility index (Phi) is 1.43. The van der Waals surface area contributed by atoms with Gasteiger partial charge in [0.1, 0.15) is 0 Å². The van der Waals surface area contributed by atoms with Gasteiger partial charge in [-0.05, 0) is 30.2 Å². The molecule has 0 radical (unpaired) electrons. The van der Waals surface area contributed by atoms with Crippen LogP contribution in [0, 0.1) is 0 Å². The summed E-state index contributed by atoms with van der Waals surface area (Å²) in [7, 11) is 0. The van der Waals surface area contributed by atoms with Gasteiger partial charge in [0.25, 0.3) is 0 Å². The number of rotatable bonds is 0. The molecule has 1 aliphatic heterocycles. The van der Waals surface area contributed by atoms with Crippen LogP contribution in [0.2, 0.25) is 0 Å². The van der Waals surface area contributed by atoms with E-state index in [1.807, 2.05) is 0 Å². The van der Waals surface area contributed by atoms with Crippen LogP contribution in [0.3, 0.4) is 0 Å². The summed E-state index contributed by atoms with van der Waals surface area (Å²) in [5, 5.41) is 1.38. The normalized spacial score (nSPS) is 13.8. The summed E-state index contributed by atoms with van der Waals surface area (Å²) in [5.41, 5.74) is 5.35. The first-order valence-corrected chi connectivity index (χ1v) is 5.68. The van der Waals surface area contributed by atoms with E-state index in [2.05, 4.69) is 52.1 Å². The van der Waals surface area contributed by atoms with Crippen LogP contribution in [0.5, 0.6) is 0 Å². The van der Waals surface area contributed by atoms with E-state index < -0.39 is 0 Å². The Morgan fingerprint density at radius 2 is 2.00 bits per heavy atom. The first-order valence-electron chi connectivity index (χ1n) is 5.68. The van der Waals surface area contributed by atoms with Gasteiger partial charge in [-0.25, -0.2) is 0 Å². The third kappa shape index (κ3) is 0.915. The molecule has 0 fully saturated rings. The number of hydrogen-bond donors (Lipinski definition) is 1. The average Bonchev–Trinajstić information content (AvgIpc) is 2.92. The van der Waals surface area contributed by atoms with E-state index in [0.29, 0.717) is 0 Å². The van der Waals surface area contributed by atoms with Crippen molar-refractivity contribution in [3.05, 3.63) is 48.2 Å². The highest BCUT2D eigenvalue weighted by Gasteiger charge is 2.19. The monoisotopic (exact) mass is 208 g/mol. The summed E-state index contributed by atoms with van der Waals surface area (Å²) in [6.45, 7) is 1.09. The SMILES string of the molecule is c1ccc2c3c([nH]c2c1)-c1cccn1CC3. The number of aromatic amines is 1. The Morgan fingerprint density at radius 3 is 3.00 bits per heavy atom. The minimum absolute atomic E-state index is 1.09. The Hall–Kier alpha value is -1.96. The van der Waals surface area contributed by atoms with Crippen molar-refractivity contribution < 1.29 is 0 Å². The third-order valence-electron chi connectivity index (χ3n) is 3.50. The molecule has 0 spiro atoms. The molecule has 0 unspecified atom stereocenters. The number of aryl methyl sites for hydroxylation is 2. The van der Waals surface area contributed by atoms with Crippen LogP contribution in [0.1, 0.15) is 5.56 Å². The molecule has 1 N–H and O–H groups in total. The Morgan fingerprint density at radius 1 is 1.06 bits per heavy atom. The Bertz CT molecular complexity index is 673. The molecule has 0 atom stereocenters. The maximum atomic E-state index is 3.54. The molecule has 3 heterocycles. The number of benzene rings is 1. The first kappa shape index (κ1) is 8.22. The van der Waals surface area contributed by atoms with Gasteiger partial charge in [-0.2, -0.15) is 0 Å². The molecule has 0 bridgehead atoms. The summed E-state index contributed by atoms with van der Waals surface area (Å²) in [4.78, 5) is 3.54. The molecule has 2 nitrogen and oxygen atoms in total. The smallest absolute Gasteiger partial charge is 0.0665 e. The fourth-order valence-corrected chi connectivity index (χ4v) is 2.75. The van der Waals surface area contributed by atoms with Gasteiger partial charge in [-0.15, -0.1) is 0 Å². The number of nitrogens with zero attached hydrogens (tertiary/aromatic N) is 1. The van der Waals surface area contributed by atoms with Crippen molar-refractivity contribution in [2.45, 2.75) is 13.0 Å². The van der Waals surface area contributed by atoms with E-state index in [1.165, 1.54) is 27.9 Å². The van der Waals surface area contributed by atoms with E-state index in [4.69, 9.17) is 0 Å². The topological polar surface area (TPSA) is 20.7 Å². The molecule has 2 heteroatoms. The second kappa shape index (κ2) is 2.79. The fourth-order valence-electron chi connectivity index (χ4n) is 2.75. The zero-order valence-corrected chi connectivity index (χ0v) is 8.90. The highest BCUT2D eigenvalue weighted by atomic mass is 15.0. The van der Waals surface area contributed by atoms with Gasteiger partial charge in [0.05, 0.1) is 11.4 Å². The number of nitrogens with one attached hydrogen (secondary N) is 1. The molecule has 2 aromatic heterocycles. The van der Waals surface area contributed by atoms with E-state index in [0.717, 1.165) is 13.0 Å². The predicted octanol–water partition coefficient (Wildman–Crippen LogP) is 3.19. The van der Waals surface area contributed by atoms with Gasteiger partial charge in [-0.3, -0.25) is 0 Å². The van der Waals surface area contributed by atoms with Crippen LogP contribution in [0.15, 0.2) is 42.6 Å². The van der Waals surface area contributed by atoms with Crippen LogP contribution in [0.4, 0.5) is 0 Å².